The van der Waals surface area contributed by atoms with Gasteiger partial charge in [0.05, 0.1) is 0 Å². The summed E-state index contributed by atoms with van der Waals surface area (Å²) in [7, 11) is 0. The van der Waals surface area contributed by atoms with Crippen molar-refractivity contribution in [3.05, 3.63) is 66.2 Å². The first-order valence-corrected chi connectivity index (χ1v) is 8.06. The zero-order valence-electron chi connectivity index (χ0n) is 10.1. The van der Waals surface area contributed by atoms with Crippen LogP contribution in [0.15, 0.2) is 60.7 Å². The number of benzene rings is 2. The van der Waals surface area contributed by atoms with Crippen molar-refractivity contribution in [2.75, 3.05) is 0 Å². The van der Waals surface area contributed by atoms with E-state index < -0.39 is 0 Å². The molecule has 0 N–H and O–H groups in total. The number of hydrogen-bond acceptors (Lipinski definition) is 1. The van der Waals surface area contributed by atoms with Gasteiger partial charge in [-0.1, -0.05) is 0 Å². The first-order valence-electron chi connectivity index (χ1n) is 6.00. The van der Waals surface area contributed by atoms with Crippen LogP contribution in [0.1, 0.15) is 17.9 Å². The quantitative estimate of drug-likeness (QED) is 0.778. The van der Waals surface area contributed by atoms with E-state index in [9.17, 15) is 0 Å². The Morgan fingerprint density at radius 2 is 1.56 bits per heavy atom. The van der Waals surface area contributed by atoms with Crippen molar-refractivity contribution in [2.24, 2.45) is 0 Å². The maximum atomic E-state index is 8.95. The monoisotopic (exact) mass is 301 g/mol. The fourth-order valence-corrected chi connectivity index (χ4v) is 4.03. The van der Waals surface area contributed by atoms with Gasteiger partial charge < -0.3 is 0 Å². The molecule has 0 aliphatic carbocycles. The first-order chi connectivity index (χ1) is 8.90. The van der Waals surface area contributed by atoms with Gasteiger partial charge in [-0.25, -0.2) is 0 Å². The van der Waals surface area contributed by atoms with Crippen molar-refractivity contribution in [1.29, 1.82) is 5.26 Å². The van der Waals surface area contributed by atoms with Crippen LogP contribution in [0.4, 0.5) is 0 Å². The summed E-state index contributed by atoms with van der Waals surface area (Å²) >= 11 is 0.443. The molecule has 0 spiro atoms. The van der Waals surface area contributed by atoms with Gasteiger partial charge in [0.2, 0.25) is 0 Å². The van der Waals surface area contributed by atoms with Crippen LogP contribution in [-0.4, -0.2) is 15.0 Å². The van der Waals surface area contributed by atoms with Crippen molar-refractivity contribution in [3.63, 3.8) is 0 Å². The van der Waals surface area contributed by atoms with Crippen molar-refractivity contribution >= 4 is 19.4 Å². The van der Waals surface area contributed by atoms with E-state index in [2.05, 4.69) is 54.6 Å². The van der Waals surface area contributed by atoms with Crippen LogP contribution in [0.25, 0.3) is 0 Å². The molecule has 2 aromatic carbocycles. The Balaban J connectivity index is 2.02. The van der Waals surface area contributed by atoms with Crippen molar-refractivity contribution < 1.29 is 0 Å². The molecule has 1 unspecified atom stereocenters. The van der Waals surface area contributed by atoms with Crippen LogP contribution in [0, 0.1) is 11.3 Å². The summed E-state index contributed by atoms with van der Waals surface area (Å²) in [5.74, 6) is 0.372. The van der Waals surface area contributed by atoms with E-state index in [0.29, 0.717) is 27.3 Å². The van der Waals surface area contributed by atoms with Crippen LogP contribution in [0.2, 0.25) is 5.32 Å². The summed E-state index contributed by atoms with van der Waals surface area (Å²) in [6, 6.07) is 23.3. The molecule has 0 aliphatic heterocycles. The maximum absolute atomic E-state index is 8.95. The average molecular weight is 300 g/mol. The average Bonchev–Trinajstić information content (AvgIpc) is 2.45. The third-order valence-electron chi connectivity index (χ3n) is 2.80. The number of nitrogens with zero attached hydrogens (tertiary/aromatic N) is 1. The number of nitriles is 1. The summed E-state index contributed by atoms with van der Waals surface area (Å²) in [6.45, 7) is 0. The van der Waals surface area contributed by atoms with Gasteiger partial charge in [-0.2, -0.15) is 0 Å². The molecule has 2 rings (SSSR count). The second kappa shape index (κ2) is 7.01. The SMILES string of the molecule is N#CCC(C[Se]c1ccccc1)c1ccccc1. The molecule has 0 saturated heterocycles. The Bertz CT molecular complexity index is 502. The molecule has 2 heteroatoms. The van der Waals surface area contributed by atoms with Crippen molar-refractivity contribution in [3.8, 4) is 6.07 Å². The van der Waals surface area contributed by atoms with E-state index >= 15 is 0 Å². The van der Waals surface area contributed by atoms with Gasteiger partial charge >= 0.3 is 115 Å². The van der Waals surface area contributed by atoms with Crippen LogP contribution in [-0.2, 0) is 0 Å². The van der Waals surface area contributed by atoms with E-state index in [4.69, 9.17) is 5.26 Å². The number of hydrogen-bond donors (Lipinski definition) is 0. The molecule has 1 nitrogen and oxygen atoms in total. The van der Waals surface area contributed by atoms with Gasteiger partial charge in [0.25, 0.3) is 0 Å². The molecule has 1 atom stereocenters. The Labute approximate surface area is 115 Å². The summed E-state index contributed by atoms with van der Waals surface area (Å²) in [6.07, 6.45) is 0.610. The summed E-state index contributed by atoms with van der Waals surface area (Å²) < 4.78 is 1.41. The predicted octanol–water partition coefficient (Wildman–Crippen LogP) is 3.13. The molecule has 0 aromatic heterocycles. The number of rotatable bonds is 5. The molecular formula is C16H15NSe. The predicted molar refractivity (Wildman–Crippen MR) is 76.1 cm³/mol. The Hall–Kier alpha value is -1.55. The van der Waals surface area contributed by atoms with Crippen LogP contribution in [0.5, 0.6) is 0 Å². The second-order valence-electron chi connectivity index (χ2n) is 4.09. The van der Waals surface area contributed by atoms with Gasteiger partial charge in [-0.15, -0.1) is 0 Å². The Morgan fingerprint density at radius 1 is 0.944 bits per heavy atom. The topological polar surface area (TPSA) is 23.8 Å². The fraction of sp³-hybridized carbons (Fsp3) is 0.188. The van der Waals surface area contributed by atoms with E-state index in [1.807, 2.05) is 12.1 Å². The van der Waals surface area contributed by atoms with E-state index in [-0.39, 0.29) is 0 Å². The molecule has 90 valence electrons. The molecule has 18 heavy (non-hydrogen) atoms. The van der Waals surface area contributed by atoms with E-state index in [1.165, 1.54) is 10.0 Å². The zero-order chi connectivity index (χ0) is 12.6. The fourth-order valence-electron chi connectivity index (χ4n) is 1.82. The molecule has 0 fully saturated rings. The Kier molecular flexibility index (Phi) is 5.02. The molecule has 0 aliphatic rings. The standard InChI is InChI=1S/C16H15NSe/c17-12-11-15(14-7-3-1-4-8-14)13-18-16-9-5-2-6-10-16/h1-10,15H,11,13H2. The summed E-state index contributed by atoms with van der Waals surface area (Å²) in [5, 5.41) is 10.0. The molecule has 0 amide bonds. The van der Waals surface area contributed by atoms with Gasteiger partial charge in [0.1, 0.15) is 0 Å². The first kappa shape index (κ1) is 12.9. The molecular weight excluding hydrogens is 285 g/mol. The third kappa shape index (κ3) is 3.74. The van der Waals surface area contributed by atoms with Crippen LogP contribution < -0.4 is 4.46 Å². The third-order valence-corrected chi connectivity index (χ3v) is 5.27. The van der Waals surface area contributed by atoms with E-state index in [1.54, 1.807) is 0 Å². The van der Waals surface area contributed by atoms with Gasteiger partial charge in [0, 0.05) is 0 Å². The molecule has 2 aromatic rings. The summed E-state index contributed by atoms with van der Waals surface area (Å²) in [5.41, 5.74) is 1.29. The summed E-state index contributed by atoms with van der Waals surface area (Å²) in [4.78, 5) is 0. The van der Waals surface area contributed by atoms with Crippen molar-refractivity contribution in [2.45, 2.75) is 17.7 Å². The zero-order valence-corrected chi connectivity index (χ0v) is 11.8. The van der Waals surface area contributed by atoms with Crippen molar-refractivity contribution in [1.82, 2.24) is 0 Å². The van der Waals surface area contributed by atoms with Crippen LogP contribution >= 0.6 is 0 Å². The van der Waals surface area contributed by atoms with Gasteiger partial charge in [0.15, 0.2) is 0 Å². The van der Waals surface area contributed by atoms with Crippen LogP contribution in [0.3, 0.4) is 0 Å². The minimum absolute atomic E-state index is 0.372. The van der Waals surface area contributed by atoms with Gasteiger partial charge in [-0.3, -0.25) is 0 Å². The molecule has 0 saturated carbocycles. The molecule has 0 radical (unpaired) electrons. The minimum atomic E-state index is 0.372. The Morgan fingerprint density at radius 3 is 2.17 bits per heavy atom. The van der Waals surface area contributed by atoms with E-state index in [0.717, 1.165) is 5.32 Å². The molecule has 0 heterocycles. The second-order valence-corrected chi connectivity index (χ2v) is 6.39. The van der Waals surface area contributed by atoms with Gasteiger partial charge in [-0.05, 0) is 0 Å². The molecule has 0 bridgehead atoms. The normalized spacial score (nSPS) is 11.7.